The Labute approximate surface area is 240 Å². The van der Waals surface area contributed by atoms with Gasteiger partial charge in [0, 0.05) is 13.0 Å². The van der Waals surface area contributed by atoms with Crippen molar-refractivity contribution in [2.75, 3.05) is 13.1 Å². The van der Waals surface area contributed by atoms with Crippen molar-refractivity contribution >= 4 is 29.7 Å². The third kappa shape index (κ3) is 10.3. The van der Waals surface area contributed by atoms with Crippen LogP contribution in [0.2, 0.25) is 0 Å². The van der Waals surface area contributed by atoms with Gasteiger partial charge in [-0.15, -0.1) is 0 Å². The topological polar surface area (TPSA) is 186 Å². The first-order valence-corrected chi connectivity index (χ1v) is 14.0. The number of hydrogen-bond donors (Lipinski definition) is 7. The molecule has 0 spiro atoms. The van der Waals surface area contributed by atoms with Crippen LogP contribution in [-0.4, -0.2) is 59.9 Å². The molecule has 3 amide bonds. The molecule has 0 heterocycles. The quantitative estimate of drug-likeness (QED) is 0.0973. The molecule has 0 bridgehead atoms. The Balaban J connectivity index is 1.81. The minimum atomic E-state index is -1.21. The largest absolute Gasteiger partial charge is 0.480 e. The predicted octanol–water partition coefficient (Wildman–Crippen LogP) is 1.64. The van der Waals surface area contributed by atoms with Gasteiger partial charge in [-0.1, -0.05) is 73.5 Å². The highest BCUT2D eigenvalue weighted by Crippen LogP contribution is 2.37. The molecule has 0 aliphatic heterocycles. The van der Waals surface area contributed by atoms with Gasteiger partial charge in [0.1, 0.15) is 18.6 Å². The number of hydrogen-bond acceptors (Lipinski definition) is 5. The summed E-state index contributed by atoms with van der Waals surface area (Å²) < 4.78 is 0. The summed E-state index contributed by atoms with van der Waals surface area (Å²) in [5, 5.41) is 27.0. The van der Waals surface area contributed by atoms with E-state index in [1.54, 1.807) is 0 Å². The molecule has 220 valence electrons. The van der Waals surface area contributed by atoms with Crippen LogP contribution in [0.1, 0.15) is 55.6 Å². The highest BCUT2D eigenvalue weighted by molar-refractivity contribution is 5.94. The summed E-state index contributed by atoms with van der Waals surface area (Å²) in [4.78, 5) is 51.3. The molecular weight excluding hydrogens is 524 g/mol. The molecule has 1 aliphatic carbocycles. The van der Waals surface area contributed by atoms with Crippen molar-refractivity contribution in [1.82, 2.24) is 21.3 Å². The van der Waals surface area contributed by atoms with Gasteiger partial charge in [0.05, 0.1) is 5.92 Å². The fourth-order valence-corrected chi connectivity index (χ4v) is 5.27. The van der Waals surface area contributed by atoms with E-state index in [9.17, 15) is 19.2 Å². The number of rotatable bonds is 15. The van der Waals surface area contributed by atoms with Crippen LogP contribution in [0.15, 0.2) is 60.7 Å². The lowest BCUT2D eigenvalue weighted by atomic mass is 9.84. The van der Waals surface area contributed by atoms with E-state index in [4.69, 9.17) is 16.2 Å². The summed E-state index contributed by atoms with van der Waals surface area (Å²) in [5.74, 6) is -3.11. The van der Waals surface area contributed by atoms with E-state index in [0.29, 0.717) is 6.42 Å². The van der Waals surface area contributed by atoms with Crippen molar-refractivity contribution in [3.63, 3.8) is 0 Å². The summed E-state index contributed by atoms with van der Waals surface area (Å²) in [6.45, 7) is -0.306. The van der Waals surface area contributed by atoms with Gasteiger partial charge >= 0.3 is 5.97 Å². The minimum absolute atomic E-state index is 0.165. The molecule has 0 radical (unpaired) electrons. The molecule has 2 aromatic carbocycles. The first-order valence-electron chi connectivity index (χ1n) is 14.0. The average molecular weight is 565 g/mol. The smallest absolute Gasteiger partial charge is 0.322 e. The molecule has 3 atom stereocenters. The number of amides is 3. The Morgan fingerprint density at radius 3 is 2.07 bits per heavy atom. The summed E-state index contributed by atoms with van der Waals surface area (Å²) in [5.41, 5.74) is 7.06. The van der Waals surface area contributed by atoms with E-state index >= 15 is 0 Å². The maximum Gasteiger partial charge on any atom is 0.322 e. The highest BCUT2D eigenvalue weighted by atomic mass is 16.4. The molecule has 8 N–H and O–H groups in total. The van der Waals surface area contributed by atoms with Gasteiger partial charge in [0.25, 0.3) is 0 Å². The highest BCUT2D eigenvalue weighted by Gasteiger charge is 2.35. The van der Waals surface area contributed by atoms with Crippen LogP contribution in [0.4, 0.5) is 0 Å². The zero-order valence-corrected chi connectivity index (χ0v) is 23.1. The Bertz CT molecular complexity index is 1170. The van der Waals surface area contributed by atoms with Crippen LogP contribution in [0.3, 0.4) is 0 Å². The molecule has 2 aromatic rings. The number of carbonyl (C=O) groups excluding carboxylic acids is 3. The van der Waals surface area contributed by atoms with Crippen molar-refractivity contribution in [2.45, 2.75) is 62.9 Å². The molecule has 0 saturated heterocycles. The first kappa shape index (κ1) is 31.1. The van der Waals surface area contributed by atoms with E-state index in [0.717, 1.165) is 36.8 Å². The van der Waals surface area contributed by atoms with Gasteiger partial charge in [0.15, 0.2) is 5.96 Å². The van der Waals surface area contributed by atoms with Gasteiger partial charge < -0.3 is 32.1 Å². The minimum Gasteiger partial charge on any atom is -0.480 e. The number of benzene rings is 2. The number of aliphatic carboxylic acids is 1. The summed E-state index contributed by atoms with van der Waals surface area (Å²) in [6.07, 6.45) is 4.73. The maximum atomic E-state index is 13.8. The molecule has 1 unspecified atom stereocenters. The van der Waals surface area contributed by atoms with Crippen molar-refractivity contribution in [1.29, 1.82) is 5.41 Å². The van der Waals surface area contributed by atoms with Crippen LogP contribution < -0.4 is 27.0 Å². The third-order valence-corrected chi connectivity index (χ3v) is 7.26. The van der Waals surface area contributed by atoms with Gasteiger partial charge in [-0.25, -0.2) is 0 Å². The molecule has 0 aromatic heterocycles. The molecule has 1 fully saturated rings. The van der Waals surface area contributed by atoms with Crippen molar-refractivity contribution in [2.24, 2.45) is 11.7 Å². The van der Waals surface area contributed by atoms with Gasteiger partial charge in [0.2, 0.25) is 17.7 Å². The Morgan fingerprint density at radius 1 is 0.854 bits per heavy atom. The number of carboxylic acid groups (broad SMARTS) is 1. The zero-order chi connectivity index (χ0) is 29.6. The number of guanidine groups is 1. The number of nitrogens with two attached hydrogens (primary N) is 1. The summed E-state index contributed by atoms with van der Waals surface area (Å²) in [6, 6.07) is 16.8. The molecule has 11 heteroatoms. The molecule has 41 heavy (non-hydrogen) atoms. The van der Waals surface area contributed by atoms with Gasteiger partial charge in [-0.2, -0.15) is 0 Å². The van der Waals surface area contributed by atoms with Crippen LogP contribution in [0.25, 0.3) is 0 Å². The molecule has 1 aliphatic rings. The van der Waals surface area contributed by atoms with Crippen LogP contribution >= 0.6 is 0 Å². The second-order valence-corrected chi connectivity index (χ2v) is 10.3. The SMILES string of the molecule is N=C(N)NCCC[C@H](NC(=O)[C@H](Cc1ccccc1)NC(=O)C(c1ccccc1)C1CCCC1)C(=O)NCC(=O)O. The van der Waals surface area contributed by atoms with Gasteiger partial charge in [-0.05, 0) is 42.7 Å². The molecule has 1 saturated carbocycles. The number of carboxylic acids is 1. The van der Waals surface area contributed by atoms with E-state index in [1.807, 2.05) is 60.7 Å². The van der Waals surface area contributed by atoms with Crippen LogP contribution in [0, 0.1) is 11.3 Å². The Morgan fingerprint density at radius 2 is 1.46 bits per heavy atom. The standard InChI is InChI=1S/C30H40N6O5/c31-30(32)33-17-9-16-23(27(39)34-19-25(37)38)35-28(40)24(18-20-10-3-1-4-11-20)36-29(41)26(22-14-7-8-15-22)21-12-5-2-6-13-21/h1-6,10-13,22-24,26H,7-9,14-19H2,(H,34,39)(H,35,40)(H,36,41)(H,37,38)(H4,31,32,33)/t23-,24-,26?/m0/s1. The zero-order valence-electron chi connectivity index (χ0n) is 23.1. The summed E-state index contributed by atoms with van der Waals surface area (Å²) in [7, 11) is 0. The number of nitrogens with one attached hydrogen (secondary N) is 5. The lowest BCUT2D eigenvalue weighted by Crippen LogP contribution is -2.55. The second-order valence-electron chi connectivity index (χ2n) is 10.3. The van der Waals surface area contributed by atoms with Gasteiger partial charge in [-0.3, -0.25) is 24.6 Å². The lowest BCUT2D eigenvalue weighted by Gasteiger charge is -2.27. The van der Waals surface area contributed by atoms with E-state index in [2.05, 4.69) is 21.3 Å². The first-order chi connectivity index (χ1) is 19.7. The summed E-state index contributed by atoms with van der Waals surface area (Å²) >= 11 is 0. The molecule has 3 rings (SSSR count). The fourth-order valence-electron chi connectivity index (χ4n) is 5.27. The van der Waals surface area contributed by atoms with Crippen LogP contribution in [-0.2, 0) is 25.6 Å². The fraction of sp³-hybridized carbons (Fsp3) is 0.433. The Hall–Kier alpha value is -4.41. The second kappa shape index (κ2) is 16.0. The maximum absolute atomic E-state index is 13.8. The third-order valence-electron chi connectivity index (χ3n) is 7.26. The molecule has 11 nitrogen and oxygen atoms in total. The molecular formula is C30H40N6O5. The van der Waals surface area contributed by atoms with Crippen LogP contribution in [0.5, 0.6) is 0 Å². The van der Waals surface area contributed by atoms with Crippen molar-refractivity contribution in [3.8, 4) is 0 Å². The normalized spacial score (nSPS) is 15.2. The average Bonchev–Trinajstić information content (AvgIpc) is 3.48. The van der Waals surface area contributed by atoms with E-state index in [1.165, 1.54) is 0 Å². The van der Waals surface area contributed by atoms with E-state index in [-0.39, 0.29) is 37.2 Å². The Kier molecular flexibility index (Phi) is 12.1. The lowest BCUT2D eigenvalue weighted by molar-refractivity contribution is -0.138. The van der Waals surface area contributed by atoms with Crippen molar-refractivity contribution < 1.29 is 24.3 Å². The van der Waals surface area contributed by atoms with E-state index < -0.39 is 42.3 Å². The predicted molar refractivity (Wildman–Crippen MR) is 155 cm³/mol. The number of carbonyl (C=O) groups is 4. The van der Waals surface area contributed by atoms with Crippen molar-refractivity contribution in [3.05, 3.63) is 71.8 Å². The monoisotopic (exact) mass is 564 g/mol.